The molecule has 2 rings (SSSR count). The lowest BCUT2D eigenvalue weighted by atomic mass is 9.93. The van der Waals surface area contributed by atoms with E-state index in [1.807, 2.05) is 36.4 Å². The molecule has 0 spiro atoms. The summed E-state index contributed by atoms with van der Waals surface area (Å²) >= 11 is 0. The van der Waals surface area contributed by atoms with E-state index in [1.165, 1.54) is 0 Å². The maximum Gasteiger partial charge on any atom is 0.169 e. The highest BCUT2D eigenvalue weighted by Gasteiger charge is 2.22. The second kappa shape index (κ2) is 6.10. The van der Waals surface area contributed by atoms with Crippen LogP contribution >= 0.6 is 0 Å². The molecule has 0 radical (unpaired) electrons. The van der Waals surface area contributed by atoms with Crippen molar-refractivity contribution >= 4 is 6.08 Å². The van der Waals surface area contributed by atoms with Gasteiger partial charge in [0.1, 0.15) is 5.75 Å². The Morgan fingerprint density at radius 1 is 1.10 bits per heavy atom. The van der Waals surface area contributed by atoms with Crippen molar-refractivity contribution in [1.29, 1.82) is 0 Å². The van der Waals surface area contributed by atoms with E-state index in [0.717, 1.165) is 11.3 Å². The van der Waals surface area contributed by atoms with Gasteiger partial charge in [0.2, 0.25) is 0 Å². The molecule has 0 heterocycles. The number of aliphatic hydroxyl groups is 1. The van der Waals surface area contributed by atoms with Crippen LogP contribution in [0.3, 0.4) is 0 Å². The Hall–Kier alpha value is -2.50. The minimum Gasteiger partial charge on any atom is -0.497 e. The van der Waals surface area contributed by atoms with Crippen molar-refractivity contribution in [2.45, 2.75) is 5.60 Å². The van der Waals surface area contributed by atoms with E-state index < -0.39 is 5.60 Å². The number of hydrogen-bond donors (Lipinski definition) is 1. The molecule has 0 bridgehead atoms. The van der Waals surface area contributed by atoms with Crippen LogP contribution in [0, 0.1) is 12.3 Å². The highest BCUT2D eigenvalue weighted by atomic mass is 16.5. The standard InChI is InChI=1S/C18H16O2/c1-3-18(19,14-13-15-7-5-4-6-8-15)16-9-11-17(20-2)12-10-16/h1,4-14,19H,2H3/b14-13+. The van der Waals surface area contributed by atoms with Gasteiger partial charge in [0.05, 0.1) is 7.11 Å². The first kappa shape index (κ1) is 13.9. The zero-order chi connectivity index (χ0) is 14.4. The average molecular weight is 264 g/mol. The molecule has 0 fully saturated rings. The lowest BCUT2D eigenvalue weighted by molar-refractivity contribution is 0.155. The molecule has 2 nitrogen and oxygen atoms in total. The second-order valence-electron chi connectivity index (χ2n) is 4.38. The topological polar surface area (TPSA) is 29.5 Å². The number of hydrogen-bond acceptors (Lipinski definition) is 2. The Morgan fingerprint density at radius 2 is 1.75 bits per heavy atom. The maximum absolute atomic E-state index is 10.6. The van der Waals surface area contributed by atoms with Gasteiger partial charge in [-0.15, -0.1) is 6.42 Å². The summed E-state index contributed by atoms with van der Waals surface area (Å²) in [5.74, 6) is 3.15. The van der Waals surface area contributed by atoms with Crippen LogP contribution in [0.25, 0.3) is 6.08 Å². The van der Waals surface area contributed by atoms with Crippen LogP contribution in [0.1, 0.15) is 11.1 Å². The summed E-state index contributed by atoms with van der Waals surface area (Å²) in [6, 6.07) is 16.8. The third-order valence-corrected chi connectivity index (χ3v) is 3.07. The fourth-order valence-corrected chi connectivity index (χ4v) is 1.85. The fraction of sp³-hybridized carbons (Fsp3) is 0.111. The Balaban J connectivity index is 2.29. The van der Waals surface area contributed by atoms with Gasteiger partial charge in [-0.2, -0.15) is 0 Å². The predicted molar refractivity (Wildman–Crippen MR) is 81.2 cm³/mol. The zero-order valence-electron chi connectivity index (χ0n) is 11.3. The van der Waals surface area contributed by atoms with E-state index in [2.05, 4.69) is 5.92 Å². The molecule has 2 heteroatoms. The highest BCUT2D eigenvalue weighted by molar-refractivity contribution is 5.53. The fourth-order valence-electron chi connectivity index (χ4n) is 1.85. The molecule has 0 aromatic heterocycles. The van der Waals surface area contributed by atoms with E-state index in [0.29, 0.717) is 5.56 Å². The Kier molecular flexibility index (Phi) is 4.24. The van der Waals surface area contributed by atoms with Crippen molar-refractivity contribution in [1.82, 2.24) is 0 Å². The third-order valence-electron chi connectivity index (χ3n) is 3.07. The lowest BCUT2D eigenvalue weighted by Gasteiger charge is -2.18. The first-order valence-electron chi connectivity index (χ1n) is 6.27. The van der Waals surface area contributed by atoms with Crippen molar-refractivity contribution in [2.24, 2.45) is 0 Å². The molecule has 20 heavy (non-hydrogen) atoms. The smallest absolute Gasteiger partial charge is 0.169 e. The summed E-state index contributed by atoms with van der Waals surface area (Å²) in [6.07, 6.45) is 8.92. The number of benzene rings is 2. The minimum absolute atomic E-state index is 0.632. The largest absolute Gasteiger partial charge is 0.497 e. The summed E-state index contributed by atoms with van der Waals surface area (Å²) in [5.41, 5.74) is 0.185. The van der Waals surface area contributed by atoms with E-state index in [1.54, 1.807) is 37.5 Å². The van der Waals surface area contributed by atoms with Gasteiger partial charge in [0, 0.05) is 5.56 Å². The molecule has 0 amide bonds. The van der Waals surface area contributed by atoms with Gasteiger partial charge < -0.3 is 9.84 Å². The van der Waals surface area contributed by atoms with Crippen molar-refractivity contribution in [2.75, 3.05) is 7.11 Å². The molecule has 0 saturated carbocycles. The SMILES string of the molecule is C#CC(O)(/C=C/c1ccccc1)c1ccc(OC)cc1. The Labute approximate surface area is 119 Å². The lowest BCUT2D eigenvalue weighted by Crippen LogP contribution is -2.19. The zero-order valence-corrected chi connectivity index (χ0v) is 11.3. The van der Waals surface area contributed by atoms with Crippen LogP contribution in [0.4, 0.5) is 0 Å². The summed E-state index contributed by atoms with van der Waals surface area (Å²) in [6.45, 7) is 0. The molecule has 2 aromatic rings. The monoisotopic (exact) mass is 264 g/mol. The Bertz CT molecular complexity index is 621. The molecular formula is C18H16O2. The van der Waals surface area contributed by atoms with Crippen LogP contribution in [-0.2, 0) is 5.60 Å². The minimum atomic E-state index is -1.43. The summed E-state index contributed by atoms with van der Waals surface area (Å²) in [4.78, 5) is 0. The molecule has 2 aromatic carbocycles. The van der Waals surface area contributed by atoms with Gasteiger partial charge in [0.15, 0.2) is 5.60 Å². The molecule has 100 valence electrons. The van der Waals surface area contributed by atoms with E-state index in [9.17, 15) is 5.11 Å². The Morgan fingerprint density at radius 3 is 2.30 bits per heavy atom. The van der Waals surface area contributed by atoms with Gasteiger partial charge >= 0.3 is 0 Å². The van der Waals surface area contributed by atoms with Crippen LogP contribution in [0.5, 0.6) is 5.75 Å². The highest BCUT2D eigenvalue weighted by Crippen LogP contribution is 2.25. The summed E-state index contributed by atoms with van der Waals surface area (Å²) in [5, 5.41) is 10.6. The van der Waals surface area contributed by atoms with Gasteiger partial charge in [-0.25, -0.2) is 0 Å². The molecule has 0 aliphatic heterocycles. The van der Waals surface area contributed by atoms with Crippen LogP contribution < -0.4 is 4.74 Å². The molecule has 0 saturated heterocycles. The van der Waals surface area contributed by atoms with E-state index in [-0.39, 0.29) is 0 Å². The summed E-state index contributed by atoms with van der Waals surface area (Å²) in [7, 11) is 1.59. The molecule has 0 aliphatic carbocycles. The van der Waals surface area contributed by atoms with Gasteiger partial charge in [-0.3, -0.25) is 0 Å². The quantitative estimate of drug-likeness (QED) is 0.859. The third kappa shape index (κ3) is 3.09. The van der Waals surface area contributed by atoms with Gasteiger partial charge in [0.25, 0.3) is 0 Å². The molecular weight excluding hydrogens is 248 g/mol. The summed E-state index contributed by atoms with van der Waals surface area (Å²) < 4.78 is 5.09. The molecule has 0 aliphatic rings. The first-order valence-corrected chi connectivity index (χ1v) is 6.27. The van der Waals surface area contributed by atoms with Crippen LogP contribution in [0.2, 0.25) is 0 Å². The van der Waals surface area contributed by atoms with E-state index >= 15 is 0 Å². The number of rotatable bonds is 4. The van der Waals surface area contributed by atoms with Crippen LogP contribution in [0.15, 0.2) is 60.7 Å². The molecule has 1 atom stereocenters. The number of ether oxygens (including phenoxy) is 1. The van der Waals surface area contributed by atoms with Gasteiger partial charge in [-0.05, 0) is 23.8 Å². The van der Waals surface area contributed by atoms with Crippen molar-refractivity contribution in [3.8, 4) is 18.1 Å². The van der Waals surface area contributed by atoms with Crippen molar-refractivity contribution in [3.05, 3.63) is 71.8 Å². The number of terminal acetylenes is 1. The second-order valence-corrected chi connectivity index (χ2v) is 4.38. The number of methoxy groups -OCH3 is 1. The van der Waals surface area contributed by atoms with Gasteiger partial charge in [-0.1, -0.05) is 54.5 Å². The van der Waals surface area contributed by atoms with E-state index in [4.69, 9.17) is 11.2 Å². The van der Waals surface area contributed by atoms with Crippen LogP contribution in [-0.4, -0.2) is 12.2 Å². The first-order chi connectivity index (χ1) is 9.68. The normalized spacial score (nSPS) is 13.7. The average Bonchev–Trinajstić information content (AvgIpc) is 2.53. The molecule has 1 unspecified atom stereocenters. The van der Waals surface area contributed by atoms with Crippen molar-refractivity contribution < 1.29 is 9.84 Å². The maximum atomic E-state index is 10.6. The molecule has 1 N–H and O–H groups in total. The predicted octanol–water partition coefficient (Wildman–Crippen LogP) is 3.23. The van der Waals surface area contributed by atoms with Crippen molar-refractivity contribution in [3.63, 3.8) is 0 Å².